The van der Waals surface area contributed by atoms with E-state index in [2.05, 4.69) is 25.4 Å². The van der Waals surface area contributed by atoms with E-state index in [1.54, 1.807) is 60.0 Å². The Morgan fingerprint density at radius 3 is 2.85 bits per heavy atom. The van der Waals surface area contributed by atoms with E-state index in [1.165, 1.54) is 0 Å². The van der Waals surface area contributed by atoms with Crippen LogP contribution >= 0.6 is 0 Å². The molecule has 0 aliphatic rings. The van der Waals surface area contributed by atoms with Crippen molar-refractivity contribution in [2.75, 3.05) is 5.32 Å². The third kappa shape index (κ3) is 4.06. The number of aromatic nitrogens is 5. The van der Waals surface area contributed by atoms with Crippen LogP contribution in [-0.4, -0.2) is 30.6 Å². The second-order valence-electron chi connectivity index (χ2n) is 5.77. The molecule has 8 heteroatoms. The molecule has 4 aromatic heterocycles. The van der Waals surface area contributed by atoms with Crippen molar-refractivity contribution in [1.82, 2.24) is 24.7 Å². The Kier molecular flexibility index (Phi) is 4.69. The fourth-order valence-corrected chi connectivity index (χ4v) is 2.55. The van der Waals surface area contributed by atoms with E-state index >= 15 is 0 Å². The lowest BCUT2D eigenvalue weighted by atomic mass is 10.1. The van der Waals surface area contributed by atoms with E-state index < -0.39 is 0 Å². The summed E-state index contributed by atoms with van der Waals surface area (Å²) in [7, 11) is 0. The number of furan rings is 1. The first-order valence-corrected chi connectivity index (χ1v) is 8.40. The van der Waals surface area contributed by atoms with Crippen LogP contribution in [0.15, 0.2) is 71.9 Å². The number of carbonyl (C=O) groups excluding carboxylic acids is 1. The molecule has 0 bridgehead atoms. The fourth-order valence-electron chi connectivity index (χ4n) is 2.55. The number of hydrogen-bond acceptors (Lipinski definition) is 6. The van der Waals surface area contributed by atoms with E-state index in [1.807, 2.05) is 12.1 Å². The lowest BCUT2D eigenvalue weighted by molar-refractivity contribution is -0.116. The molecule has 0 saturated carbocycles. The first-order valence-electron chi connectivity index (χ1n) is 8.40. The van der Waals surface area contributed by atoms with Gasteiger partial charge in [0, 0.05) is 37.3 Å². The Bertz CT molecular complexity index is 961. The molecule has 0 saturated heterocycles. The Hall–Kier alpha value is -3.81. The van der Waals surface area contributed by atoms with Gasteiger partial charge in [0.25, 0.3) is 0 Å². The topological polar surface area (TPSA) is 98.7 Å². The van der Waals surface area contributed by atoms with Crippen molar-refractivity contribution in [3.63, 3.8) is 0 Å². The zero-order valence-electron chi connectivity index (χ0n) is 14.3. The highest BCUT2D eigenvalue weighted by atomic mass is 16.3. The minimum absolute atomic E-state index is 0.144. The van der Waals surface area contributed by atoms with E-state index in [-0.39, 0.29) is 5.91 Å². The van der Waals surface area contributed by atoms with Crippen LogP contribution in [0.4, 0.5) is 5.82 Å². The number of anilines is 1. The van der Waals surface area contributed by atoms with Crippen molar-refractivity contribution in [3.05, 3.63) is 73.0 Å². The summed E-state index contributed by atoms with van der Waals surface area (Å²) >= 11 is 0. The van der Waals surface area contributed by atoms with Crippen LogP contribution in [0.3, 0.4) is 0 Å². The molecule has 0 aliphatic heterocycles. The van der Waals surface area contributed by atoms with E-state index in [0.717, 1.165) is 5.56 Å². The summed E-state index contributed by atoms with van der Waals surface area (Å²) in [6, 6.07) is 10.8. The van der Waals surface area contributed by atoms with E-state index in [0.29, 0.717) is 36.1 Å². The molecule has 0 aliphatic carbocycles. The molecule has 0 spiro atoms. The van der Waals surface area contributed by atoms with Gasteiger partial charge in [0.2, 0.25) is 5.91 Å². The number of carbonyl (C=O) groups is 1. The van der Waals surface area contributed by atoms with Gasteiger partial charge in [-0.15, -0.1) is 0 Å². The number of amides is 1. The highest BCUT2D eigenvalue weighted by Crippen LogP contribution is 2.20. The smallest absolute Gasteiger partial charge is 0.225 e. The Morgan fingerprint density at radius 1 is 1.15 bits per heavy atom. The van der Waals surface area contributed by atoms with Crippen LogP contribution in [0.5, 0.6) is 0 Å². The summed E-state index contributed by atoms with van der Waals surface area (Å²) in [5.41, 5.74) is 1.00. The van der Waals surface area contributed by atoms with Gasteiger partial charge >= 0.3 is 0 Å². The maximum absolute atomic E-state index is 12.3. The van der Waals surface area contributed by atoms with Crippen molar-refractivity contribution < 1.29 is 9.21 Å². The molecule has 4 aromatic rings. The van der Waals surface area contributed by atoms with Crippen LogP contribution in [-0.2, 0) is 11.2 Å². The molecule has 8 nitrogen and oxygen atoms in total. The normalized spacial score (nSPS) is 10.7. The maximum Gasteiger partial charge on any atom is 0.225 e. The molecule has 0 radical (unpaired) electrons. The summed E-state index contributed by atoms with van der Waals surface area (Å²) in [6.07, 6.45) is 9.35. The first kappa shape index (κ1) is 16.6. The quantitative estimate of drug-likeness (QED) is 0.568. The lowest BCUT2D eigenvalue weighted by Crippen LogP contribution is -2.15. The van der Waals surface area contributed by atoms with Gasteiger partial charge in [-0.25, -0.2) is 14.6 Å². The Balaban J connectivity index is 1.55. The van der Waals surface area contributed by atoms with Crippen LogP contribution in [0, 0.1) is 0 Å². The van der Waals surface area contributed by atoms with Crippen LogP contribution in [0.1, 0.15) is 12.0 Å². The number of pyridine rings is 1. The SMILES string of the molecule is O=C(CCc1cccnc1)Nc1cc(-n2cccn2)nc(-c2ccco2)n1. The second-order valence-corrected chi connectivity index (χ2v) is 5.77. The van der Waals surface area contributed by atoms with Crippen molar-refractivity contribution in [3.8, 4) is 17.4 Å². The lowest BCUT2D eigenvalue weighted by Gasteiger charge is -2.08. The summed E-state index contributed by atoms with van der Waals surface area (Å²) < 4.78 is 6.98. The molecule has 4 heterocycles. The average molecular weight is 360 g/mol. The van der Waals surface area contributed by atoms with Gasteiger partial charge in [0.05, 0.1) is 6.26 Å². The largest absolute Gasteiger partial charge is 0.461 e. The summed E-state index contributed by atoms with van der Waals surface area (Å²) in [5.74, 6) is 1.65. The minimum Gasteiger partial charge on any atom is -0.461 e. The molecule has 0 atom stereocenters. The van der Waals surface area contributed by atoms with Crippen molar-refractivity contribution in [2.24, 2.45) is 0 Å². The van der Waals surface area contributed by atoms with Gasteiger partial charge in [0.1, 0.15) is 5.82 Å². The third-order valence-corrected chi connectivity index (χ3v) is 3.82. The van der Waals surface area contributed by atoms with Crippen LogP contribution in [0.25, 0.3) is 17.4 Å². The number of nitrogens with zero attached hydrogens (tertiary/aromatic N) is 5. The predicted octanol–water partition coefficient (Wildman–Crippen LogP) is 2.89. The van der Waals surface area contributed by atoms with Gasteiger partial charge in [-0.1, -0.05) is 6.07 Å². The Morgan fingerprint density at radius 2 is 2.11 bits per heavy atom. The van der Waals surface area contributed by atoms with Crippen molar-refractivity contribution >= 4 is 11.7 Å². The number of hydrogen-bond donors (Lipinski definition) is 1. The van der Waals surface area contributed by atoms with E-state index in [9.17, 15) is 4.79 Å². The molecular weight excluding hydrogens is 344 g/mol. The zero-order chi connectivity index (χ0) is 18.5. The summed E-state index contributed by atoms with van der Waals surface area (Å²) in [4.78, 5) is 25.2. The third-order valence-electron chi connectivity index (χ3n) is 3.82. The van der Waals surface area contributed by atoms with E-state index in [4.69, 9.17) is 4.42 Å². The van der Waals surface area contributed by atoms with Gasteiger partial charge in [-0.2, -0.15) is 5.10 Å². The Labute approximate surface area is 154 Å². The molecule has 4 rings (SSSR count). The fraction of sp³-hybridized carbons (Fsp3) is 0.105. The summed E-state index contributed by atoms with van der Waals surface area (Å²) in [6.45, 7) is 0. The maximum atomic E-state index is 12.3. The second kappa shape index (κ2) is 7.61. The molecule has 134 valence electrons. The monoisotopic (exact) mass is 360 g/mol. The van der Waals surface area contributed by atoms with Crippen LogP contribution < -0.4 is 5.32 Å². The van der Waals surface area contributed by atoms with Gasteiger partial charge in [0.15, 0.2) is 17.4 Å². The van der Waals surface area contributed by atoms with Crippen molar-refractivity contribution in [2.45, 2.75) is 12.8 Å². The molecular formula is C19H16N6O2. The number of rotatable bonds is 6. The highest BCUT2D eigenvalue weighted by Gasteiger charge is 2.12. The van der Waals surface area contributed by atoms with Gasteiger partial charge < -0.3 is 9.73 Å². The standard InChI is InChI=1S/C19H16N6O2/c26-18(7-6-14-4-1-8-20-13-14)22-16-12-17(25-10-3-9-21-25)24-19(23-16)15-5-2-11-27-15/h1-5,8-13H,6-7H2,(H,22,23,24,26). The van der Waals surface area contributed by atoms with Gasteiger partial charge in [-0.05, 0) is 36.2 Å². The molecule has 0 aromatic carbocycles. The molecule has 27 heavy (non-hydrogen) atoms. The zero-order valence-corrected chi connectivity index (χ0v) is 14.3. The first-order chi connectivity index (χ1) is 13.3. The molecule has 0 fully saturated rings. The number of nitrogens with one attached hydrogen (secondary N) is 1. The van der Waals surface area contributed by atoms with Crippen LogP contribution in [0.2, 0.25) is 0 Å². The minimum atomic E-state index is -0.144. The van der Waals surface area contributed by atoms with Gasteiger partial charge in [-0.3, -0.25) is 9.78 Å². The molecule has 0 unspecified atom stereocenters. The molecule has 1 amide bonds. The summed E-state index contributed by atoms with van der Waals surface area (Å²) in [5, 5.41) is 7.00. The number of aryl methyl sites for hydroxylation is 1. The highest BCUT2D eigenvalue weighted by molar-refractivity contribution is 5.90. The molecule has 1 N–H and O–H groups in total. The van der Waals surface area contributed by atoms with Crippen molar-refractivity contribution in [1.29, 1.82) is 0 Å². The average Bonchev–Trinajstić information content (AvgIpc) is 3.41. The predicted molar refractivity (Wildman–Crippen MR) is 98.0 cm³/mol.